The first kappa shape index (κ1) is 20.2. The van der Waals surface area contributed by atoms with Crippen LogP contribution in [0.4, 0.5) is 5.69 Å². The molecule has 0 atom stereocenters. The number of hydrogen-bond acceptors (Lipinski definition) is 7. The molecule has 0 aliphatic heterocycles. The molecule has 146 valence electrons. The molecule has 2 rings (SSSR count). The summed E-state index contributed by atoms with van der Waals surface area (Å²) < 4.78 is 22.2. The molecule has 0 amide bonds. The highest BCUT2D eigenvalue weighted by molar-refractivity contribution is 6.03. The summed E-state index contributed by atoms with van der Waals surface area (Å²) in [4.78, 5) is 24.5. The zero-order chi connectivity index (χ0) is 20.0. The second-order valence-corrected chi connectivity index (χ2v) is 5.59. The predicted octanol–water partition coefficient (Wildman–Crippen LogP) is 2.49. The quantitative estimate of drug-likeness (QED) is 0.706. The minimum Gasteiger partial charge on any atom is -0.497 e. The molecule has 0 spiro atoms. The zero-order valence-corrected chi connectivity index (χ0v) is 15.9. The number of hydrogen-bond donors (Lipinski definition) is 1. The number of carbonyl (C=O) groups excluding carboxylic acids is 2. The Labute approximate surface area is 157 Å². The number of aromatic nitrogens is 1. The van der Waals surface area contributed by atoms with Gasteiger partial charge >= 0.3 is 11.9 Å². The van der Waals surface area contributed by atoms with Crippen molar-refractivity contribution in [3.63, 3.8) is 0 Å². The predicted molar refractivity (Wildman–Crippen MR) is 99.4 cm³/mol. The van der Waals surface area contributed by atoms with E-state index in [0.717, 1.165) is 5.56 Å². The van der Waals surface area contributed by atoms with Crippen molar-refractivity contribution in [2.24, 2.45) is 0 Å². The van der Waals surface area contributed by atoms with Crippen molar-refractivity contribution in [1.82, 2.24) is 4.57 Å². The maximum Gasteiger partial charge on any atom is 0.357 e. The van der Waals surface area contributed by atoms with Crippen LogP contribution in [0.15, 0.2) is 24.4 Å². The fraction of sp³-hybridized carbons (Fsp3) is 0.368. The average Bonchev–Trinajstić information content (AvgIpc) is 2.97. The van der Waals surface area contributed by atoms with E-state index in [1.54, 1.807) is 50.8 Å². The molecule has 1 aromatic heterocycles. The van der Waals surface area contributed by atoms with Crippen LogP contribution >= 0.6 is 0 Å². The molecular formula is C19H24N2O6. The topological polar surface area (TPSA) is 102 Å². The zero-order valence-electron chi connectivity index (χ0n) is 15.9. The lowest BCUT2D eigenvalue weighted by atomic mass is 10.2. The number of nitrogens with two attached hydrogens (primary N) is 1. The van der Waals surface area contributed by atoms with Gasteiger partial charge in [0.1, 0.15) is 17.1 Å². The van der Waals surface area contributed by atoms with Gasteiger partial charge in [0.25, 0.3) is 0 Å². The van der Waals surface area contributed by atoms with E-state index < -0.39 is 11.9 Å². The van der Waals surface area contributed by atoms with E-state index >= 15 is 0 Å². The maximum atomic E-state index is 12.4. The highest BCUT2D eigenvalue weighted by Gasteiger charge is 2.25. The molecule has 1 heterocycles. The van der Waals surface area contributed by atoms with Crippen molar-refractivity contribution in [2.45, 2.75) is 20.4 Å². The van der Waals surface area contributed by atoms with Crippen molar-refractivity contribution < 1.29 is 28.5 Å². The summed E-state index contributed by atoms with van der Waals surface area (Å²) >= 11 is 0. The van der Waals surface area contributed by atoms with Crippen LogP contribution in [0.3, 0.4) is 0 Å². The fourth-order valence-electron chi connectivity index (χ4n) is 2.65. The van der Waals surface area contributed by atoms with Gasteiger partial charge in [0.15, 0.2) is 5.69 Å². The van der Waals surface area contributed by atoms with Crippen molar-refractivity contribution in [3.05, 3.63) is 41.2 Å². The lowest BCUT2D eigenvalue weighted by Crippen LogP contribution is -2.14. The Morgan fingerprint density at radius 2 is 1.52 bits per heavy atom. The van der Waals surface area contributed by atoms with Gasteiger partial charge in [-0.15, -0.1) is 0 Å². The lowest BCUT2D eigenvalue weighted by molar-refractivity contribution is 0.0513. The van der Waals surface area contributed by atoms with Gasteiger partial charge in [0.2, 0.25) is 0 Å². The maximum absolute atomic E-state index is 12.4. The standard InChI is InChI=1S/C19H24N2O6/c1-5-26-18(22)15-11-21(17(16(15)20)19(23)27-6-2)10-12-7-13(24-3)9-14(8-12)25-4/h7-9,11H,5-6,10,20H2,1-4H3. The molecule has 0 fully saturated rings. The second kappa shape index (κ2) is 8.98. The van der Waals surface area contributed by atoms with E-state index in [1.165, 1.54) is 6.20 Å². The Hall–Kier alpha value is -3.16. The van der Waals surface area contributed by atoms with Crippen molar-refractivity contribution in [3.8, 4) is 11.5 Å². The monoisotopic (exact) mass is 376 g/mol. The van der Waals surface area contributed by atoms with Crippen LogP contribution in [0.2, 0.25) is 0 Å². The van der Waals surface area contributed by atoms with Gasteiger partial charge < -0.3 is 29.2 Å². The SMILES string of the molecule is CCOC(=O)c1cn(Cc2cc(OC)cc(OC)c2)c(C(=O)OCC)c1N. The first-order valence-corrected chi connectivity index (χ1v) is 8.49. The number of methoxy groups -OCH3 is 2. The largest absolute Gasteiger partial charge is 0.497 e. The smallest absolute Gasteiger partial charge is 0.357 e. The molecule has 0 saturated carbocycles. The summed E-state index contributed by atoms with van der Waals surface area (Å²) in [6, 6.07) is 5.35. The van der Waals surface area contributed by atoms with Gasteiger partial charge in [-0.3, -0.25) is 0 Å². The lowest BCUT2D eigenvalue weighted by Gasteiger charge is -2.12. The van der Waals surface area contributed by atoms with E-state index in [0.29, 0.717) is 11.5 Å². The second-order valence-electron chi connectivity index (χ2n) is 5.59. The molecule has 0 unspecified atom stereocenters. The highest BCUT2D eigenvalue weighted by Crippen LogP contribution is 2.27. The molecule has 0 aliphatic carbocycles. The Balaban J connectivity index is 2.50. The number of benzene rings is 1. The van der Waals surface area contributed by atoms with E-state index in [9.17, 15) is 9.59 Å². The number of anilines is 1. The van der Waals surface area contributed by atoms with Gasteiger partial charge in [-0.1, -0.05) is 0 Å². The molecule has 0 bridgehead atoms. The number of carbonyl (C=O) groups is 2. The molecule has 0 radical (unpaired) electrons. The van der Waals surface area contributed by atoms with E-state index in [4.69, 9.17) is 24.7 Å². The Morgan fingerprint density at radius 1 is 0.963 bits per heavy atom. The van der Waals surface area contributed by atoms with Gasteiger partial charge in [-0.2, -0.15) is 0 Å². The van der Waals surface area contributed by atoms with Crippen LogP contribution in [-0.2, 0) is 16.0 Å². The molecule has 27 heavy (non-hydrogen) atoms. The van der Waals surface area contributed by atoms with Crippen molar-refractivity contribution in [1.29, 1.82) is 0 Å². The van der Waals surface area contributed by atoms with Crippen LogP contribution in [0, 0.1) is 0 Å². The number of nitrogens with zero attached hydrogens (tertiary/aromatic N) is 1. The normalized spacial score (nSPS) is 10.4. The van der Waals surface area contributed by atoms with Crippen molar-refractivity contribution >= 4 is 17.6 Å². The van der Waals surface area contributed by atoms with E-state index in [2.05, 4.69) is 0 Å². The summed E-state index contributed by atoms with van der Waals surface area (Å²) in [6.07, 6.45) is 1.49. The molecule has 8 heteroatoms. The summed E-state index contributed by atoms with van der Waals surface area (Å²) in [5.41, 5.74) is 7.10. The van der Waals surface area contributed by atoms with Gasteiger partial charge in [0.05, 0.1) is 33.1 Å². The molecule has 0 aliphatic rings. The molecule has 2 N–H and O–H groups in total. The third-order valence-corrected chi connectivity index (χ3v) is 3.85. The van der Waals surface area contributed by atoms with Crippen LogP contribution in [0.25, 0.3) is 0 Å². The first-order valence-electron chi connectivity index (χ1n) is 8.49. The van der Waals surface area contributed by atoms with E-state index in [-0.39, 0.29) is 36.7 Å². The van der Waals surface area contributed by atoms with Gasteiger partial charge in [-0.05, 0) is 31.5 Å². The Bertz CT molecular complexity index is 806. The summed E-state index contributed by atoms with van der Waals surface area (Å²) in [7, 11) is 3.10. The van der Waals surface area contributed by atoms with Crippen LogP contribution in [-0.4, -0.2) is 43.9 Å². The summed E-state index contributed by atoms with van der Waals surface area (Å²) in [5, 5.41) is 0. The molecular weight excluding hydrogens is 352 g/mol. The fourth-order valence-corrected chi connectivity index (χ4v) is 2.65. The molecule has 2 aromatic rings. The number of rotatable bonds is 8. The molecule has 1 aromatic carbocycles. The van der Waals surface area contributed by atoms with E-state index in [1.807, 2.05) is 0 Å². The van der Waals surface area contributed by atoms with Gasteiger partial charge in [0, 0.05) is 18.8 Å². The van der Waals surface area contributed by atoms with Crippen LogP contribution in [0.5, 0.6) is 11.5 Å². The first-order chi connectivity index (χ1) is 12.9. The third kappa shape index (κ3) is 4.52. The third-order valence-electron chi connectivity index (χ3n) is 3.85. The van der Waals surface area contributed by atoms with Crippen molar-refractivity contribution in [2.75, 3.05) is 33.2 Å². The van der Waals surface area contributed by atoms with Crippen LogP contribution < -0.4 is 15.2 Å². The molecule has 8 nitrogen and oxygen atoms in total. The summed E-state index contributed by atoms with van der Waals surface area (Å²) in [5.74, 6) is 0.00323. The average molecular weight is 376 g/mol. The number of esters is 2. The Kier molecular flexibility index (Phi) is 6.70. The minimum atomic E-state index is -0.611. The number of nitrogen functional groups attached to an aromatic ring is 1. The minimum absolute atomic E-state index is 0.0294. The molecule has 0 saturated heterocycles. The van der Waals surface area contributed by atoms with Gasteiger partial charge in [-0.25, -0.2) is 9.59 Å². The highest BCUT2D eigenvalue weighted by atomic mass is 16.5. The summed E-state index contributed by atoms with van der Waals surface area (Å²) in [6.45, 7) is 4.03. The van der Waals surface area contributed by atoms with Crippen LogP contribution in [0.1, 0.15) is 40.3 Å². The Morgan fingerprint density at radius 3 is 2.04 bits per heavy atom. The number of ether oxygens (including phenoxy) is 4.